The Morgan fingerprint density at radius 2 is 2.00 bits per heavy atom. The van der Waals surface area contributed by atoms with Crippen molar-refractivity contribution in [1.29, 1.82) is 0 Å². The number of hydrogen-bond donors (Lipinski definition) is 1. The maximum Gasteiger partial charge on any atom is 0.0632 e. The van der Waals surface area contributed by atoms with Crippen molar-refractivity contribution in [3.05, 3.63) is 0 Å². The van der Waals surface area contributed by atoms with Crippen LogP contribution in [0.5, 0.6) is 0 Å². The molecule has 0 aromatic carbocycles. The van der Waals surface area contributed by atoms with E-state index in [9.17, 15) is 5.11 Å². The summed E-state index contributed by atoms with van der Waals surface area (Å²) in [7, 11) is 0. The molecule has 1 saturated heterocycles. The van der Waals surface area contributed by atoms with Crippen LogP contribution in [0.1, 0.15) is 34.1 Å². The second kappa shape index (κ2) is 3.35. The van der Waals surface area contributed by atoms with Crippen LogP contribution in [0, 0.1) is 5.92 Å². The molecule has 0 spiro atoms. The Kier molecular flexibility index (Phi) is 2.79. The van der Waals surface area contributed by atoms with Crippen molar-refractivity contribution >= 4 is 0 Å². The van der Waals surface area contributed by atoms with Gasteiger partial charge in [0, 0.05) is 18.5 Å². The van der Waals surface area contributed by atoms with E-state index in [1.54, 1.807) is 0 Å². The fourth-order valence-corrected chi connectivity index (χ4v) is 1.83. The third-order valence-corrected chi connectivity index (χ3v) is 2.95. The topological polar surface area (TPSA) is 23.5 Å². The summed E-state index contributed by atoms with van der Waals surface area (Å²) >= 11 is 0. The van der Waals surface area contributed by atoms with Crippen LogP contribution in [0.2, 0.25) is 0 Å². The standard InChI is InChI=1S/C10H21NO/c1-8(2)11-6-5-9(7-11)10(3,4)12/h8-9,12H,5-7H2,1-4H3/t9-/m0/s1. The average molecular weight is 171 g/mol. The Balaban J connectivity index is 2.46. The molecule has 1 rings (SSSR count). The van der Waals surface area contributed by atoms with E-state index in [0.717, 1.165) is 19.5 Å². The SMILES string of the molecule is CC(C)N1CC[C@H](C(C)(C)O)C1. The third-order valence-electron chi connectivity index (χ3n) is 2.95. The highest BCUT2D eigenvalue weighted by Gasteiger charge is 2.33. The lowest BCUT2D eigenvalue weighted by molar-refractivity contribution is 0.0199. The van der Waals surface area contributed by atoms with E-state index in [1.807, 2.05) is 13.8 Å². The van der Waals surface area contributed by atoms with Gasteiger partial charge in [0.2, 0.25) is 0 Å². The van der Waals surface area contributed by atoms with Crippen molar-refractivity contribution in [1.82, 2.24) is 4.90 Å². The highest BCUT2D eigenvalue weighted by atomic mass is 16.3. The van der Waals surface area contributed by atoms with Crippen LogP contribution >= 0.6 is 0 Å². The summed E-state index contributed by atoms with van der Waals surface area (Å²) in [6.45, 7) is 10.5. The van der Waals surface area contributed by atoms with Crippen molar-refractivity contribution in [2.24, 2.45) is 5.92 Å². The first-order valence-electron chi connectivity index (χ1n) is 4.87. The van der Waals surface area contributed by atoms with Gasteiger partial charge in [-0.1, -0.05) is 0 Å². The summed E-state index contributed by atoms with van der Waals surface area (Å²) in [4.78, 5) is 2.43. The molecule has 0 bridgehead atoms. The molecule has 0 aliphatic carbocycles. The Hall–Kier alpha value is -0.0800. The highest BCUT2D eigenvalue weighted by molar-refractivity contribution is 4.87. The molecular formula is C10H21NO. The van der Waals surface area contributed by atoms with Gasteiger partial charge in [-0.05, 0) is 40.7 Å². The van der Waals surface area contributed by atoms with E-state index >= 15 is 0 Å². The number of likely N-dealkylation sites (tertiary alicyclic amines) is 1. The molecule has 1 aliphatic rings. The first kappa shape index (κ1) is 10.0. The fourth-order valence-electron chi connectivity index (χ4n) is 1.83. The lowest BCUT2D eigenvalue weighted by atomic mass is 9.90. The van der Waals surface area contributed by atoms with E-state index in [1.165, 1.54) is 0 Å². The van der Waals surface area contributed by atoms with Gasteiger partial charge in [-0.2, -0.15) is 0 Å². The molecule has 0 saturated carbocycles. The number of hydrogen-bond acceptors (Lipinski definition) is 2. The predicted octanol–water partition coefficient (Wildman–Crippen LogP) is 1.49. The van der Waals surface area contributed by atoms with Crippen molar-refractivity contribution in [3.63, 3.8) is 0 Å². The molecule has 2 nitrogen and oxygen atoms in total. The van der Waals surface area contributed by atoms with E-state index in [-0.39, 0.29) is 0 Å². The molecule has 1 fully saturated rings. The van der Waals surface area contributed by atoms with Crippen LogP contribution in [-0.2, 0) is 0 Å². The Labute approximate surface area is 75.6 Å². The summed E-state index contributed by atoms with van der Waals surface area (Å²) in [6, 6.07) is 0.623. The molecule has 0 aromatic rings. The molecule has 1 atom stereocenters. The van der Waals surface area contributed by atoms with E-state index in [0.29, 0.717) is 12.0 Å². The van der Waals surface area contributed by atoms with Gasteiger partial charge >= 0.3 is 0 Å². The summed E-state index contributed by atoms with van der Waals surface area (Å²) < 4.78 is 0. The fraction of sp³-hybridized carbons (Fsp3) is 1.00. The van der Waals surface area contributed by atoms with Crippen LogP contribution in [0.25, 0.3) is 0 Å². The van der Waals surface area contributed by atoms with Crippen LogP contribution < -0.4 is 0 Å². The van der Waals surface area contributed by atoms with Crippen LogP contribution in [-0.4, -0.2) is 34.7 Å². The minimum Gasteiger partial charge on any atom is -0.390 e. The van der Waals surface area contributed by atoms with Crippen LogP contribution in [0.4, 0.5) is 0 Å². The van der Waals surface area contributed by atoms with Gasteiger partial charge in [0.05, 0.1) is 5.60 Å². The largest absolute Gasteiger partial charge is 0.390 e. The molecule has 0 radical (unpaired) electrons. The van der Waals surface area contributed by atoms with Gasteiger partial charge in [0.15, 0.2) is 0 Å². The van der Waals surface area contributed by atoms with Crippen molar-refractivity contribution in [2.45, 2.75) is 45.8 Å². The molecule has 12 heavy (non-hydrogen) atoms. The second-order valence-electron chi connectivity index (χ2n) is 4.73. The Morgan fingerprint density at radius 1 is 1.42 bits per heavy atom. The zero-order valence-corrected chi connectivity index (χ0v) is 8.67. The summed E-state index contributed by atoms with van der Waals surface area (Å²) in [5.74, 6) is 0.458. The molecular weight excluding hydrogens is 150 g/mol. The van der Waals surface area contributed by atoms with Gasteiger partial charge < -0.3 is 10.0 Å². The molecule has 2 heteroatoms. The average Bonchev–Trinajstić information content (AvgIpc) is 2.30. The van der Waals surface area contributed by atoms with Gasteiger partial charge in [0.1, 0.15) is 0 Å². The molecule has 0 amide bonds. The number of rotatable bonds is 2. The maximum absolute atomic E-state index is 9.79. The lowest BCUT2D eigenvalue weighted by Gasteiger charge is -2.26. The second-order valence-corrected chi connectivity index (χ2v) is 4.73. The zero-order chi connectivity index (χ0) is 9.35. The normalized spacial score (nSPS) is 27.0. The maximum atomic E-state index is 9.79. The third kappa shape index (κ3) is 2.20. The molecule has 1 aliphatic heterocycles. The summed E-state index contributed by atoms with van der Waals surface area (Å²) in [6.07, 6.45) is 1.14. The molecule has 1 N–H and O–H groups in total. The molecule has 0 unspecified atom stereocenters. The van der Waals surface area contributed by atoms with Crippen LogP contribution in [0.3, 0.4) is 0 Å². The van der Waals surface area contributed by atoms with Gasteiger partial charge in [0.25, 0.3) is 0 Å². The van der Waals surface area contributed by atoms with E-state index in [4.69, 9.17) is 0 Å². The number of aliphatic hydroxyl groups is 1. The summed E-state index contributed by atoms with van der Waals surface area (Å²) in [5.41, 5.74) is -0.496. The van der Waals surface area contributed by atoms with Gasteiger partial charge in [-0.25, -0.2) is 0 Å². The van der Waals surface area contributed by atoms with E-state index in [2.05, 4.69) is 18.7 Å². The van der Waals surface area contributed by atoms with Crippen molar-refractivity contribution in [2.75, 3.05) is 13.1 Å². The predicted molar refractivity (Wildman–Crippen MR) is 51.1 cm³/mol. The van der Waals surface area contributed by atoms with Gasteiger partial charge in [-0.3, -0.25) is 0 Å². The zero-order valence-electron chi connectivity index (χ0n) is 8.67. The first-order chi connectivity index (χ1) is 5.41. The van der Waals surface area contributed by atoms with Gasteiger partial charge in [-0.15, -0.1) is 0 Å². The monoisotopic (exact) mass is 171 g/mol. The Morgan fingerprint density at radius 3 is 2.25 bits per heavy atom. The minimum absolute atomic E-state index is 0.458. The Bertz CT molecular complexity index is 148. The first-order valence-corrected chi connectivity index (χ1v) is 4.87. The lowest BCUT2D eigenvalue weighted by Crippen LogP contribution is -2.35. The quantitative estimate of drug-likeness (QED) is 0.680. The van der Waals surface area contributed by atoms with Crippen molar-refractivity contribution < 1.29 is 5.11 Å². The number of nitrogens with zero attached hydrogens (tertiary/aromatic N) is 1. The molecule has 1 heterocycles. The molecule has 0 aromatic heterocycles. The minimum atomic E-state index is -0.496. The summed E-state index contributed by atoms with van der Waals surface area (Å²) in [5, 5.41) is 9.79. The van der Waals surface area contributed by atoms with Crippen molar-refractivity contribution in [3.8, 4) is 0 Å². The molecule has 72 valence electrons. The smallest absolute Gasteiger partial charge is 0.0632 e. The van der Waals surface area contributed by atoms with Crippen LogP contribution in [0.15, 0.2) is 0 Å². The van der Waals surface area contributed by atoms with E-state index < -0.39 is 5.60 Å². The highest BCUT2D eigenvalue weighted by Crippen LogP contribution is 2.27.